The normalized spacial score (nSPS) is 9.17. The van der Waals surface area contributed by atoms with E-state index in [2.05, 4.69) is 0 Å². The summed E-state index contributed by atoms with van der Waals surface area (Å²) in [7, 11) is 1.53. The maximum atomic E-state index is 8.76. The lowest BCUT2D eigenvalue weighted by Gasteiger charge is -2.04. The summed E-state index contributed by atoms with van der Waals surface area (Å²) >= 11 is 7.83. The van der Waals surface area contributed by atoms with E-state index in [4.69, 9.17) is 21.6 Å². The molecule has 0 atom stereocenters. The van der Waals surface area contributed by atoms with Crippen LogP contribution in [-0.4, -0.2) is 7.11 Å². The second-order valence-electron chi connectivity index (χ2n) is 2.05. The van der Waals surface area contributed by atoms with Gasteiger partial charge < -0.3 is 4.74 Å². The van der Waals surface area contributed by atoms with Crippen LogP contribution in [0, 0.1) is 14.9 Å². The highest BCUT2D eigenvalue weighted by Crippen LogP contribution is 2.28. The highest BCUT2D eigenvalue weighted by molar-refractivity contribution is 14.1. The van der Waals surface area contributed by atoms with Crippen molar-refractivity contribution in [1.29, 1.82) is 5.26 Å². The van der Waals surface area contributed by atoms with Gasteiger partial charge in [-0.05, 0) is 34.7 Å². The number of nitriles is 1. The Balaban J connectivity index is 3.38. The maximum Gasteiger partial charge on any atom is 0.137 e. The van der Waals surface area contributed by atoms with Crippen molar-refractivity contribution in [2.24, 2.45) is 0 Å². The molecule has 4 heteroatoms. The Kier molecular flexibility index (Phi) is 3.18. The summed E-state index contributed by atoms with van der Waals surface area (Å²) in [4.78, 5) is 0. The molecule has 12 heavy (non-hydrogen) atoms. The molecule has 0 saturated heterocycles. The molecular formula is C8H5ClINO. The molecule has 2 nitrogen and oxygen atoms in total. The van der Waals surface area contributed by atoms with Gasteiger partial charge in [0.15, 0.2) is 0 Å². The number of hydrogen-bond donors (Lipinski definition) is 0. The average Bonchev–Trinajstić information content (AvgIpc) is 2.09. The van der Waals surface area contributed by atoms with Crippen LogP contribution in [0.5, 0.6) is 5.75 Å². The van der Waals surface area contributed by atoms with Crippen molar-refractivity contribution in [2.75, 3.05) is 7.11 Å². The minimum Gasteiger partial charge on any atom is -0.495 e. The smallest absolute Gasteiger partial charge is 0.137 e. The second kappa shape index (κ2) is 3.97. The van der Waals surface area contributed by atoms with E-state index in [1.165, 1.54) is 7.11 Å². The van der Waals surface area contributed by atoms with Gasteiger partial charge in [0.2, 0.25) is 0 Å². The van der Waals surface area contributed by atoms with Crippen LogP contribution in [0.4, 0.5) is 0 Å². The van der Waals surface area contributed by atoms with Crippen LogP contribution in [0.25, 0.3) is 0 Å². The molecule has 0 heterocycles. The Bertz CT molecular complexity index is 346. The van der Waals surface area contributed by atoms with Crippen molar-refractivity contribution in [2.45, 2.75) is 0 Å². The van der Waals surface area contributed by atoms with Gasteiger partial charge >= 0.3 is 0 Å². The van der Waals surface area contributed by atoms with Crippen LogP contribution in [0.1, 0.15) is 5.56 Å². The Labute approximate surface area is 89.2 Å². The van der Waals surface area contributed by atoms with Gasteiger partial charge in [0, 0.05) is 0 Å². The first-order chi connectivity index (χ1) is 5.70. The molecule has 0 radical (unpaired) electrons. The number of halogens is 2. The lowest BCUT2D eigenvalue weighted by molar-refractivity contribution is 0.413. The molecule has 0 saturated carbocycles. The first-order valence-electron chi connectivity index (χ1n) is 3.12. The number of methoxy groups -OCH3 is 1. The van der Waals surface area contributed by atoms with Crippen molar-refractivity contribution in [3.05, 3.63) is 26.3 Å². The fraction of sp³-hybridized carbons (Fsp3) is 0.125. The van der Waals surface area contributed by atoms with Crippen LogP contribution in [-0.2, 0) is 0 Å². The summed E-state index contributed by atoms with van der Waals surface area (Å²) < 4.78 is 5.72. The molecule has 0 aliphatic heterocycles. The molecule has 0 fully saturated rings. The number of rotatable bonds is 1. The molecule has 0 spiro atoms. The summed E-state index contributed by atoms with van der Waals surface area (Å²) in [5.74, 6) is 0.561. The number of nitrogens with zero attached hydrogens (tertiary/aromatic N) is 1. The predicted octanol–water partition coefficient (Wildman–Crippen LogP) is 2.82. The van der Waals surface area contributed by atoms with Crippen LogP contribution < -0.4 is 4.74 Å². The lowest BCUT2D eigenvalue weighted by atomic mass is 10.2. The topological polar surface area (TPSA) is 33.0 Å². The zero-order chi connectivity index (χ0) is 9.14. The van der Waals surface area contributed by atoms with Gasteiger partial charge in [-0.15, -0.1) is 0 Å². The van der Waals surface area contributed by atoms with Crippen LogP contribution in [0.2, 0.25) is 5.02 Å². The zero-order valence-electron chi connectivity index (χ0n) is 6.27. The Morgan fingerprint density at radius 1 is 1.58 bits per heavy atom. The minimum absolute atomic E-state index is 0.491. The molecule has 62 valence electrons. The molecule has 0 aliphatic rings. The summed E-state index contributed by atoms with van der Waals surface area (Å²) in [5, 5.41) is 9.34. The Morgan fingerprint density at radius 3 is 2.75 bits per heavy atom. The largest absolute Gasteiger partial charge is 0.495 e. The molecule has 0 bridgehead atoms. The monoisotopic (exact) mass is 293 g/mol. The first-order valence-corrected chi connectivity index (χ1v) is 4.58. The van der Waals surface area contributed by atoms with Gasteiger partial charge in [0.05, 0.1) is 15.7 Å². The molecule has 0 amide bonds. The third-order valence-corrected chi connectivity index (χ3v) is 3.14. The molecule has 0 aromatic heterocycles. The van der Waals surface area contributed by atoms with E-state index < -0.39 is 0 Å². The quantitative estimate of drug-likeness (QED) is 0.746. The Morgan fingerprint density at radius 2 is 2.25 bits per heavy atom. The number of hydrogen-bond acceptors (Lipinski definition) is 2. The summed E-state index contributed by atoms with van der Waals surface area (Å²) in [6, 6.07) is 5.43. The maximum absolute atomic E-state index is 8.76. The molecule has 0 unspecified atom stereocenters. The van der Waals surface area contributed by atoms with Crippen molar-refractivity contribution < 1.29 is 4.74 Å². The summed E-state index contributed by atoms with van der Waals surface area (Å²) in [6.45, 7) is 0. The summed E-state index contributed by atoms with van der Waals surface area (Å²) in [5.41, 5.74) is 0.491. The summed E-state index contributed by atoms with van der Waals surface area (Å²) in [6.07, 6.45) is 0. The standard InChI is InChI=1S/C8H5ClINO/c1-12-7-3-2-6(9)8(10)5(7)4-11/h2-3H,1H3. The third kappa shape index (κ3) is 1.65. The van der Waals surface area contributed by atoms with Gasteiger partial charge in [-0.2, -0.15) is 5.26 Å². The number of benzene rings is 1. The SMILES string of the molecule is COc1ccc(Cl)c(I)c1C#N. The van der Waals surface area contributed by atoms with Crippen LogP contribution >= 0.6 is 34.2 Å². The van der Waals surface area contributed by atoms with Crippen molar-refractivity contribution in [1.82, 2.24) is 0 Å². The van der Waals surface area contributed by atoms with E-state index in [9.17, 15) is 0 Å². The molecule has 1 rings (SSSR count). The van der Waals surface area contributed by atoms with E-state index in [0.29, 0.717) is 16.3 Å². The number of ether oxygens (including phenoxy) is 1. The highest BCUT2D eigenvalue weighted by atomic mass is 127. The second-order valence-corrected chi connectivity index (χ2v) is 3.54. The van der Waals surface area contributed by atoms with Crippen molar-refractivity contribution in [3.8, 4) is 11.8 Å². The molecule has 1 aromatic rings. The zero-order valence-corrected chi connectivity index (χ0v) is 9.18. The fourth-order valence-electron chi connectivity index (χ4n) is 0.807. The Hall–Kier alpha value is -0.470. The van der Waals surface area contributed by atoms with Gasteiger partial charge in [-0.25, -0.2) is 0 Å². The minimum atomic E-state index is 0.491. The predicted molar refractivity (Wildman–Crippen MR) is 55.4 cm³/mol. The van der Waals surface area contributed by atoms with Gasteiger partial charge in [0.25, 0.3) is 0 Å². The molecule has 0 aliphatic carbocycles. The van der Waals surface area contributed by atoms with Gasteiger partial charge in [-0.1, -0.05) is 11.6 Å². The first kappa shape index (κ1) is 9.62. The van der Waals surface area contributed by atoms with Gasteiger partial charge in [-0.3, -0.25) is 0 Å². The molecule has 1 aromatic carbocycles. The fourth-order valence-corrected chi connectivity index (χ4v) is 1.53. The molecular weight excluding hydrogens is 288 g/mol. The van der Waals surface area contributed by atoms with Crippen LogP contribution in [0.3, 0.4) is 0 Å². The van der Waals surface area contributed by atoms with Gasteiger partial charge in [0.1, 0.15) is 17.4 Å². The third-order valence-electron chi connectivity index (χ3n) is 1.39. The lowest BCUT2D eigenvalue weighted by Crippen LogP contribution is -1.91. The average molecular weight is 293 g/mol. The highest BCUT2D eigenvalue weighted by Gasteiger charge is 2.09. The van der Waals surface area contributed by atoms with Crippen molar-refractivity contribution in [3.63, 3.8) is 0 Å². The van der Waals surface area contributed by atoms with E-state index in [0.717, 1.165) is 3.57 Å². The van der Waals surface area contributed by atoms with Crippen molar-refractivity contribution >= 4 is 34.2 Å². The molecule has 0 N–H and O–H groups in total. The van der Waals surface area contributed by atoms with E-state index >= 15 is 0 Å². The van der Waals surface area contributed by atoms with Crippen LogP contribution in [0.15, 0.2) is 12.1 Å². The van der Waals surface area contributed by atoms with E-state index in [1.807, 2.05) is 28.7 Å². The van der Waals surface area contributed by atoms with E-state index in [-0.39, 0.29) is 0 Å². The van der Waals surface area contributed by atoms with E-state index in [1.54, 1.807) is 12.1 Å².